The lowest BCUT2D eigenvalue weighted by atomic mass is 10.0. The van der Waals surface area contributed by atoms with Crippen molar-refractivity contribution in [1.82, 2.24) is 31.9 Å². The largest absolute Gasteiger partial charge is 0.481 e. The van der Waals surface area contributed by atoms with Crippen LogP contribution in [0.5, 0.6) is 0 Å². The number of amides is 5. The number of ketones is 1. The molecule has 0 bridgehead atoms. The number of carbonyl (C=O) groups excluding carboxylic acids is 6. The molecule has 0 fully saturated rings. The van der Waals surface area contributed by atoms with E-state index in [0.29, 0.717) is 32.1 Å². The highest BCUT2D eigenvalue weighted by molar-refractivity contribution is 5.87. The van der Waals surface area contributed by atoms with Crippen molar-refractivity contribution in [3.8, 4) is 0 Å². The predicted octanol–water partition coefficient (Wildman–Crippen LogP) is 2.85. The van der Waals surface area contributed by atoms with Gasteiger partial charge in [-0.25, -0.2) is 14.4 Å². The number of nitrogens with one attached hydrogen (secondary N) is 6. The highest BCUT2D eigenvalue weighted by Gasteiger charge is 2.25. The van der Waals surface area contributed by atoms with Crippen molar-refractivity contribution >= 4 is 65.2 Å². The van der Waals surface area contributed by atoms with Gasteiger partial charge in [0.1, 0.15) is 37.4 Å². The molecular weight excluding hydrogens is 1040 g/mol. The van der Waals surface area contributed by atoms with E-state index < -0.39 is 84.8 Å². The molecule has 0 aromatic carbocycles. The van der Waals surface area contributed by atoms with Gasteiger partial charge in [-0.3, -0.25) is 38.4 Å². The summed E-state index contributed by atoms with van der Waals surface area (Å²) in [4.78, 5) is 130. The third-order valence-corrected chi connectivity index (χ3v) is 12.4. The molecule has 0 spiro atoms. The zero-order valence-electron chi connectivity index (χ0n) is 46.3. The number of carbonyl (C=O) groups is 11. The Hall–Kier alpha value is -5.83. The number of carboxylic acid groups (broad SMARTS) is 5. The van der Waals surface area contributed by atoms with Crippen molar-refractivity contribution in [3.63, 3.8) is 0 Å². The SMILES string of the molecule is CN[C@@H](CCCCNC(=O)CC[C@H](NC(=O)CC[C@H](NC(=O)COCCOCCCC(=O)COCCOCCNC(=O)CC[C@H](NC(=O)CCCCCCCCCCCCCCCCC(=O)O)C(=O)O)C(=O)O)C(=O)O)C(=O)O. The molecule has 0 aromatic rings. The van der Waals surface area contributed by atoms with Gasteiger partial charge >= 0.3 is 29.8 Å². The Morgan fingerprint density at radius 3 is 1.19 bits per heavy atom. The Morgan fingerprint density at radius 2 is 0.722 bits per heavy atom. The van der Waals surface area contributed by atoms with Crippen molar-refractivity contribution in [2.24, 2.45) is 0 Å². The van der Waals surface area contributed by atoms with E-state index in [4.69, 9.17) is 29.2 Å². The Balaban J connectivity index is 3.97. The number of carboxylic acids is 5. The van der Waals surface area contributed by atoms with Gasteiger partial charge in [-0.1, -0.05) is 77.0 Å². The van der Waals surface area contributed by atoms with Crippen molar-refractivity contribution in [1.29, 1.82) is 0 Å². The molecule has 5 amide bonds. The molecule has 0 aliphatic carbocycles. The molecule has 454 valence electrons. The zero-order chi connectivity index (χ0) is 58.9. The van der Waals surface area contributed by atoms with Gasteiger partial charge in [-0.05, 0) is 64.8 Å². The van der Waals surface area contributed by atoms with Gasteiger partial charge in [0, 0.05) is 58.2 Å². The van der Waals surface area contributed by atoms with Crippen molar-refractivity contribution in [2.75, 3.05) is 73.0 Å². The van der Waals surface area contributed by atoms with E-state index in [1.807, 2.05) is 0 Å². The molecule has 0 rings (SSSR count). The number of Topliss-reactive ketones (excluding diaryl/α,β-unsaturated/α-hetero) is 1. The van der Waals surface area contributed by atoms with Gasteiger partial charge in [0.05, 0.1) is 33.0 Å². The van der Waals surface area contributed by atoms with Crippen molar-refractivity contribution < 1.29 is 97.2 Å². The summed E-state index contributed by atoms with van der Waals surface area (Å²) in [7, 11) is 1.53. The third-order valence-electron chi connectivity index (χ3n) is 12.4. The number of ether oxygens (including phenoxy) is 4. The molecule has 0 heterocycles. The number of likely N-dealkylation sites (N-methyl/N-ethyl adjacent to an activating group) is 1. The molecule has 0 aliphatic heterocycles. The molecule has 26 nitrogen and oxygen atoms in total. The normalized spacial score (nSPS) is 12.6. The maximum atomic E-state index is 12.5. The maximum Gasteiger partial charge on any atom is 0.326 e. The fourth-order valence-corrected chi connectivity index (χ4v) is 7.82. The minimum atomic E-state index is -1.48. The van der Waals surface area contributed by atoms with Crippen molar-refractivity contribution in [2.45, 2.75) is 198 Å². The molecule has 26 heteroatoms. The Labute approximate surface area is 463 Å². The number of hydrogen-bond acceptors (Lipinski definition) is 16. The lowest BCUT2D eigenvalue weighted by Gasteiger charge is -2.17. The Morgan fingerprint density at radius 1 is 0.329 bits per heavy atom. The maximum absolute atomic E-state index is 12.5. The summed E-state index contributed by atoms with van der Waals surface area (Å²) in [6.45, 7) is 0.468. The van der Waals surface area contributed by atoms with Crippen LogP contribution in [0, 0.1) is 0 Å². The summed E-state index contributed by atoms with van der Waals surface area (Å²) in [5.41, 5.74) is 0. The fourth-order valence-electron chi connectivity index (χ4n) is 7.82. The molecular formula is C53H92N6O20. The van der Waals surface area contributed by atoms with Crippen LogP contribution in [0.1, 0.15) is 173 Å². The summed E-state index contributed by atoms with van der Waals surface area (Å²) < 4.78 is 21.3. The van der Waals surface area contributed by atoms with Crippen LogP contribution >= 0.6 is 0 Å². The third kappa shape index (κ3) is 45.7. The van der Waals surface area contributed by atoms with Gasteiger partial charge in [0.25, 0.3) is 0 Å². The molecule has 0 aromatic heterocycles. The minimum absolute atomic E-state index is 0.0229. The first-order valence-corrected chi connectivity index (χ1v) is 27.9. The molecule has 0 aliphatic rings. The van der Waals surface area contributed by atoms with E-state index in [1.54, 1.807) is 0 Å². The van der Waals surface area contributed by atoms with E-state index >= 15 is 0 Å². The summed E-state index contributed by atoms with van der Waals surface area (Å²) in [5, 5.41) is 61.2. The summed E-state index contributed by atoms with van der Waals surface area (Å²) in [5.74, 6) is -8.71. The summed E-state index contributed by atoms with van der Waals surface area (Å²) >= 11 is 0. The van der Waals surface area contributed by atoms with Gasteiger partial charge in [0.2, 0.25) is 29.5 Å². The molecule has 11 N–H and O–H groups in total. The van der Waals surface area contributed by atoms with Crippen molar-refractivity contribution in [3.05, 3.63) is 0 Å². The van der Waals surface area contributed by atoms with E-state index in [-0.39, 0.29) is 128 Å². The monoisotopic (exact) mass is 1130 g/mol. The van der Waals surface area contributed by atoms with Gasteiger partial charge in [-0.2, -0.15) is 0 Å². The Bertz CT molecular complexity index is 1790. The fraction of sp³-hybridized carbons (Fsp3) is 0.792. The lowest BCUT2D eigenvalue weighted by molar-refractivity contribution is -0.144. The second-order valence-corrected chi connectivity index (χ2v) is 19.2. The standard InChI is InChI=1S/C53H92N6O20/c1-54-40(50(68)69)20-16-17-29-55-44(61)26-23-42(52(72)73)58-47(64)28-25-43(53(74)75)59-48(65)38-79-36-33-76-31-18-19-39(60)37-78-35-34-77-32-30-56-45(62)27-24-41(51(70)71)57-46(63)21-14-12-10-8-6-4-2-3-5-7-9-11-13-15-22-49(66)67/h40-43,54H,2-38H2,1H3,(H,55,61)(H,56,62)(H,57,63)(H,58,64)(H,59,65)(H,66,67)(H,68,69)(H,70,71)(H,72,73)(H,74,75)/t40-,41-,42-,43-/m0/s1. The molecule has 0 saturated heterocycles. The second kappa shape index (κ2) is 49.2. The van der Waals surface area contributed by atoms with Crippen LogP contribution in [0.4, 0.5) is 0 Å². The van der Waals surface area contributed by atoms with Crippen LogP contribution in [0.15, 0.2) is 0 Å². The summed E-state index contributed by atoms with van der Waals surface area (Å²) in [6, 6.07) is -4.79. The first-order valence-electron chi connectivity index (χ1n) is 27.9. The molecule has 0 radical (unpaired) electrons. The highest BCUT2D eigenvalue weighted by atomic mass is 16.5. The molecule has 0 unspecified atom stereocenters. The summed E-state index contributed by atoms with van der Waals surface area (Å²) in [6.07, 6.45) is 15.8. The Kier molecular flexibility index (Phi) is 45.6. The van der Waals surface area contributed by atoms with E-state index in [0.717, 1.165) is 51.4 Å². The van der Waals surface area contributed by atoms with Crippen LogP contribution < -0.4 is 31.9 Å². The molecule has 79 heavy (non-hydrogen) atoms. The van der Waals surface area contributed by atoms with E-state index in [2.05, 4.69) is 31.9 Å². The smallest absolute Gasteiger partial charge is 0.326 e. The topological polar surface area (TPSA) is 398 Å². The zero-order valence-corrected chi connectivity index (χ0v) is 46.3. The first-order chi connectivity index (χ1) is 37.9. The average Bonchev–Trinajstić information content (AvgIpc) is 3.39. The van der Waals surface area contributed by atoms with Crippen LogP contribution in [0.25, 0.3) is 0 Å². The quantitative estimate of drug-likeness (QED) is 0.0390. The van der Waals surface area contributed by atoms with Crippen LogP contribution in [-0.4, -0.2) is 188 Å². The molecule has 0 saturated carbocycles. The number of aliphatic carboxylic acids is 5. The van der Waals surface area contributed by atoms with E-state index in [1.165, 1.54) is 39.2 Å². The van der Waals surface area contributed by atoms with Crippen LogP contribution in [-0.2, 0) is 71.7 Å². The predicted molar refractivity (Wildman–Crippen MR) is 286 cm³/mol. The number of rotatable bonds is 56. The number of unbranched alkanes of at least 4 members (excludes halogenated alkanes) is 14. The van der Waals surface area contributed by atoms with Gasteiger partial charge < -0.3 is 76.4 Å². The van der Waals surface area contributed by atoms with Gasteiger partial charge in [0.15, 0.2) is 5.78 Å². The lowest BCUT2D eigenvalue weighted by Crippen LogP contribution is -2.45. The number of hydrogen-bond donors (Lipinski definition) is 11. The average molecular weight is 1130 g/mol. The van der Waals surface area contributed by atoms with Gasteiger partial charge in [-0.15, -0.1) is 0 Å². The highest BCUT2D eigenvalue weighted by Crippen LogP contribution is 2.14. The second-order valence-electron chi connectivity index (χ2n) is 19.2. The molecule has 4 atom stereocenters. The first kappa shape index (κ1) is 73.2. The van der Waals surface area contributed by atoms with Crippen LogP contribution in [0.2, 0.25) is 0 Å². The minimum Gasteiger partial charge on any atom is -0.481 e. The van der Waals surface area contributed by atoms with Crippen LogP contribution in [0.3, 0.4) is 0 Å². The van der Waals surface area contributed by atoms with E-state index in [9.17, 15) is 68.1 Å².